The fourth-order valence-electron chi connectivity index (χ4n) is 0.721. The molecule has 1 rings (SSSR count). The van der Waals surface area contributed by atoms with Gasteiger partial charge in [0.2, 0.25) is 5.28 Å². The second-order valence-electron chi connectivity index (χ2n) is 2.10. The summed E-state index contributed by atoms with van der Waals surface area (Å²) in [5.74, 6) is 0. The third kappa shape index (κ3) is 2.82. The molecule has 4 heteroatoms. The molecule has 3 nitrogen and oxygen atoms in total. The third-order valence-electron chi connectivity index (χ3n) is 1.24. The highest BCUT2D eigenvalue weighted by molar-refractivity contribution is 6.28. The second-order valence-corrected chi connectivity index (χ2v) is 2.44. The van der Waals surface area contributed by atoms with E-state index in [2.05, 4.69) is 15.3 Å². The summed E-state index contributed by atoms with van der Waals surface area (Å²) in [4.78, 5) is 7.78. The van der Waals surface area contributed by atoms with E-state index < -0.39 is 0 Å². The molecule has 0 fully saturated rings. The number of aromatic nitrogens is 2. The Bertz CT molecular complexity index is 227. The maximum Gasteiger partial charge on any atom is 0.222 e. The van der Waals surface area contributed by atoms with Crippen LogP contribution in [0.2, 0.25) is 5.28 Å². The minimum Gasteiger partial charge on any atom is -0.311 e. The summed E-state index contributed by atoms with van der Waals surface area (Å²) in [5, 5.41) is 3.45. The molecule has 1 aromatic rings. The summed E-state index contributed by atoms with van der Waals surface area (Å²) in [6, 6.07) is 1.84. The number of nitrogens with zero attached hydrogens (tertiary/aromatic N) is 2. The molecule has 0 unspecified atom stereocenters. The monoisotopic (exact) mass is 171 g/mol. The van der Waals surface area contributed by atoms with Crippen molar-refractivity contribution in [1.82, 2.24) is 15.3 Å². The number of hydrogen-bond donors (Lipinski definition) is 1. The van der Waals surface area contributed by atoms with Crippen LogP contribution in [0.3, 0.4) is 0 Å². The standard InChI is InChI=1S/C7H10ClN3/c1-2-9-5-6-3-4-10-7(8)11-6/h3-4,9H,2,5H2,1H3. The van der Waals surface area contributed by atoms with Crippen molar-refractivity contribution in [3.8, 4) is 0 Å². The average molecular weight is 172 g/mol. The molecule has 0 spiro atoms. The van der Waals surface area contributed by atoms with E-state index in [4.69, 9.17) is 11.6 Å². The van der Waals surface area contributed by atoms with Gasteiger partial charge in [0.05, 0.1) is 5.69 Å². The third-order valence-corrected chi connectivity index (χ3v) is 1.42. The summed E-state index contributed by atoms with van der Waals surface area (Å²) in [6.45, 7) is 3.73. The van der Waals surface area contributed by atoms with Crippen LogP contribution in [0.1, 0.15) is 12.6 Å². The number of hydrogen-bond acceptors (Lipinski definition) is 3. The Kier molecular flexibility index (Phi) is 3.26. The lowest BCUT2D eigenvalue weighted by Gasteiger charge is -1.99. The Hall–Kier alpha value is -0.670. The maximum absolute atomic E-state index is 5.57. The zero-order chi connectivity index (χ0) is 8.10. The molecule has 0 aliphatic heterocycles. The Balaban J connectivity index is 2.56. The molecular formula is C7H10ClN3. The zero-order valence-corrected chi connectivity index (χ0v) is 7.10. The topological polar surface area (TPSA) is 37.8 Å². The quantitative estimate of drug-likeness (QED) is 0.696. The van der Waals surface area contributed by atoms with Crippen LogP contribution in [0.4, 0.5) is 0 Å². The van der Waals surface area contributed by atoms with Gasteiger partial charge in [0.1, 0.15) is 0 Å². The summed E-state index contributed by atoms with van der Waals surface area (Å²) >= 11 is 5.57. The fraction of sp³-hybridized carbons (Fsp3) is 0.429. The van der Waals surface area contributed by atoms with Crippen LogP contribution in [0.5, 0.6) is 0 Å². The maximum atomic E-state index is 5.57. The Labute approximate surface area is 70.8 Å². The van der Waals surface area contributed by atoms with Crippen LogP contribution in [-0.2, 0) is 6.54 Å². The highest BCUT2D eigenvalue weighted by Gasteiger charge is 1.93. The normalized spacial score (nSPS) is 10.0. The number of rotatable bonds is 3. The molecule has 0 amide bonds. The van der Waals surface area contributed by atoms with Crippen molar-refractivity contribution < 1.29 is 0 Å². The van der Waals surface area contributed by atoms with Crippen LogP contribution in [0, 0.1) is 0 Å². The second kappa shape index (κ2) is 4.26. The minimum absolute atomic E-state index is 0.306. The lowest BCUT2D eigenvalue weighted by Crippen LogP contribution is -2.12. The van der Waals surface area contributed by atoms with Crippen molar-refractivity contribution in [2.24, 2.45) is 0 Å². The van der Waals surface area contributed by atoms with Crippen LogP contribution >= 0.6 is 11.6 Å². The lowest BCUT2D eigenvalue weighted by atomic mass is 10.4. The molecule has 0 saturated heterocycles. The highest BCUT2D eigenvalue weighted by atomic mass is 35.5. The molecule has 0 bridgehead atoms. The van der Waals surface area contributed by atoms with Gasteiger partial charge in [-0.1, -0.05) is 6.92 Å². The van der Waals surface area contributed by atoms with Crippen molar-refractivity contribution in [2.75, 3.05) is 6.54 Å². The molecule has 1 heterocycles. The summed E-state index contributed by atoms with van der Waals surface area (Å²) in [6.07, 6.45) is 1.65. The first-order chi connectivity index (χ1) is 5.33. The van der Waals surface area contributed by atoms with E-state index >= 15 is 0 Å². The first-order valence-corrected chi connectivity index (χ1v) is 3.89. The summed E-state index contributed by atoms with van der Waals surface area (Å²) in [5.41, 5.74) is 0.923. The van der Waals surface area contributed by atoms with E-state index in [0.717, 1.165) is 18.8 Å². The van der Waals surface area contributed by atoms with Crippen LogP contribution in [0.25, 0.3) is 0 Å². The fourth-order valence-corrected chi connectivity index (χ4v) is 0.886. The minimum atomic E-state index is 0.306. The zero-order valence-electron chi connectivity index (χ0n) is 6.34. The Morgan fingerprint density at radius 1 is 1.64 bits per heavy atom. The van der Waals surface area contributed by atoms with Gasteiger partial charge in [0.25, 0.3) is 0 Å². The molecule has 0 radical (unpaired) electrons. The predicted octanol–water partition coefficient (Wildman–Crippen LogP) is 1.24. The molecular weight excluding hydrogens is 162 g/mol. The molecule has 11 heavy (non-hydrogen) atoms. The van der Waals surface area contributed by atoms with Crippen molar-refractivity contribution in [3.05, 3.63) is 23.2 Å². The van der Waals surface area contributed by atoms with E-state index in [1.807, 2.05) is 13.0 Å². The van der Waals surface area contributed by atoms with Gasteiger partial charge < -0.3 is 5.32 Å². The summed E-state index contributed by atoms with van der Waals surface area (Å²) < 4.78 is 0. The van der Waals surface area contributed by atoms with Gasteiger partial charge in [-0.25, -0.2) is 9.97 Å². The van der Waals surface area contributed by atoms with Crippen molar-refractivity contribution in [3.63, 3.8) is 0 Å². The Morgan fingerprint density at radius 2 is 2.45 bits per heavy atom. The molecule has 0 saturated carbocycles. The van der Waals surface area contributed by atoms with Crippen molar-refractivity contribution in [2.45, 2.75) is 13.5 Å². The molecule has 1 N–H and O–H groups in total. The van der Waals surface area contributed by atoms with Gasteiger partial charge in [-0.2, -0.15) is 0 Å². The molecule has 0 aromatic carbocycles. The van der Waals surface area contributed by atoms with Gasteiger partial charge in [-0.15, -0.1) is 0 Å². The van der Waals surface area contributed by atoms with Gasteiger partial charge in [0, 0.05) is 12.7 Å². The number of nitrogens with one attached hydrogen (secondary N) is 1. The van der Waals surface area contributed by atoms with Gasteiger partial charge in [-0.3, -0.25) is 0 Å². The van der Waals surface area contributed by atoms with Gasteiger partial charge in [0.15, 0.2) is 0 Å². The van der Waals surface area contributed by atoms with Crippen LogP contribution in [-0.4, -0.2) is 16.5 Å². The molecule has 1 aromatic heterocycles. The molecule has 60 valence electrons. The lowest BCUT2D eigenvalue weighted by molar-refractivity contribution is 0.708. The SMILES string of the molecule is CCNCc1ccnc(Cl)n1. The van der Waals surface area contributed by atoms with E-state index in [-0.39, 0.29) is 0 Å². The van der Waals surface area contributed by atoms with E-state index in [9.17, 15) is 0 Å². The Morgan fingerprint density at radius 3 is 3.09 bits per heavy atom. The van der Waals surface area contributed by atoms with E-state index in [1.165, 1.54) is 0 Å². The number of halogens is 1. The van der Waals surface area contributed by atoms with Crippen molar-refractivity contribution >= 4 is 11.6 Å². The van der Waals surface area contributed by atoms with Crippen molar-refractivity contribution in [1.29, 1.82) is 0 Å². The van der Waals surface area contributed by atoms with Crippen LogP contribution < -0.4 is 5.32 Å². The average Bonchev–Trinajstić information content (AvgIpc) is 2.01. The predicted molar refractivity (Wildman–Crippen MR) is 44.4 cm³/mol. The van der Waals surface area contributed by atoms with Gasteiger partial charge >= 0.3 is 0 Å². The van der Waals surface area contributed by atoms with Gasteiger partial charge in [-0.05, 0) is 24.2 Å². The highest BCUT2D eigenvalue weighted by Crippen LogP contribution is 1.99. The van der Waals surface area contributed by atoms with E-state index in [0.29, 0.717) is 5.28 Å². The first-order valence-electron chi connectivity index (χ1n) is 3.51. The molecule has 0 aliphatic carbocycles. The van der Waals surface area contributed by atoms with E-state index in [1.54, 1.807) is 6.20 Å². The van der Waals surface area contributed by atoms with Crippen LogP contribution in [0.15, 0.2) is 12.3 Å². The summed E-state index contributed by atoms with van der Waals surface area (Å²) in [7, 11) is 0. The molecule has 0 atom stereocenters. The first kappa shape index (κ1) is 8.43. The largest absolute Gasteiger partial charge is 0.311 e. The molecule has 0 aliphatic rings. The smallest absolute Gasteiger partial charge is 0.222 e.